The molecule has 1 heterocycles. The molecule has 45 heavy (non-hydrogen) atoms. The molecule has 1 atom stereocenters. The van der Waals surface area contributed by atoms with Gasteiger partial charge in [-0.15, -0.1) is 0 Å². The van der Waals surface area contributed by atoms with E-state index >= 15 is 0 Å². The molecule has 7 nitrogen and oxygen atoms in total. The van der Waals surface area contributed by atoms with Crippen LogP contribution in [0.2, 0.25) is 0 Å². The van der Waals surface area contributed by atoms with Gasteiger partial charge >= 0.3 is 0 Å². The van der Waals surface area contributed by atoms with Crippen molar-refractivity contribution in [1.29, 1.82) is 0 Å². The monoisotopic (exact) mass is 617 g/mol. The molecule has 7 heteroatoms. The van der Waals surface area contributed by atoms with Gasteiger partial charge in [0.15, 0.2) is 0 Å². The lowest BCUT2D eigenvalue weighted by Gasteiger charge is -2.35. The molecule has 0 saturated heterocycles. The van der Waals surface area contributed by atoms with Gasteiger partial charge in [0, 0.05) is 18.7 Å². The molecule has 0 fully saturated rings. The molecule has 0 spiro atoms. The van der Waals surface area contributed by atoms with E-state index in [0.717, 1.165) is 24.0 Å². The van der Waals surface area contributed by atoms with Crippen LogP contribution in [0.25, 0.3) is 5.57 Å². The number of aryl methyl sites for hydroxylation is 1. The molecule has 0 bridgehead atoms. The van der Waals surface area contributed by atoms with Gasteiger partial charge in [0.2, 0.25) is 5.91 Å². The molecule has 1 aliphatic heterocycles. The molecular weight excluding hydrogens is 562 g/mol. The van der Waals surface area contributed by atoms with Crippen molar-refractivity contribution in [3.05, 3.63) is 65.2 Å². The van der Waals surface area contributed by atoms with Crippen molar-refractivity contribution >= 4 is 29.0 Å². The SMILES string of the molecule is CCCCCCCCCCCCCCCCNC(=O)C1(C)CC(c2ccc(C)cc2)=C(C(=O)Nc2ccc(OC)cc2)C(=O)N1. The van der Waals surface area contributed by atoms with Crippen molar-refractivity contribution in [3.63, 3.8) is 0 Å². The van der Waals surface area contributed by atoms with Crippen LogP contribution in [0.3, 0.4) is 0 Å². The van der Waals surface area contributed by atoms with Crippen LogP contribution in [0.4, 0.5) is 5.69 Å². The molecule has 3 rings (SSSR count). The average molecular weight is 618 g/mol. The second kappa shape index (κ2) is 19.0. The van der Waals surface area contributed by atoms with Gasteiger partial charge in [-0.3, -0.25) is 14.4 Å². The minimum absolute atomic E-state index is 0.0203. The molecule has 0 saturated carbocycles. The topological polar surface area (TPSA) is 96.5 Å². The number of hydrogen-bond donors (Lipinski definition) is 3. The Bertz CT molecular complexity index is 1250. The van der Waals surface area contributed by atoms with Crippen LogP contribution >= 0.6 is 0 Å². The van der Waals surface area contributed by atoms with E-state index in [4.69, 9.17) is 4.74 Å². The number of carbonyl (C=O) groups excluding carboxylic acids is 3. The Morgan fingerprint density at radius 3 is 1.87 bits per heavy atom. The van der Waals surface area contributed by atoms with Gasteiger partial charge in [-0.2, -0.15) is 0 Å². The van der Waals surface area contributed by atoms with E-state index in [-0.39, 0.29) is 17.9 Å². The second-order valence-electron chi connectivity index (χ2n) is 12.7. The normalized spacial score (nSPS) is 16.3. The first-order valence-electron chi connectivity index (χ1n) is 17.1. The minimum atomic E-state index is -1.17. The fourth-order valence-corrected chi connectivity index (χ4v) is 5.90. The molecule has 0 aliphatic carbocycles. The van der Waals surface area contributed by atoms with Gasteiger partial charge in [0.05, 0.1) is 7.11 Å². The number of ether oxygens (including phenoxy) is 1. The van der Waals surface area contributed by atoms with Crippen molar-refractivity contribution < 1.29 is 19.1 Å². The number of unbranched alkanes of at least 4 members (excludes halogenated alkanes) is 13. The predicted octanol–water partition coefficient (Wildman–Crippen LogP) is 8.27. The largest absolute Gasteiger partial charge is 0.497 e. The Morgan fingerprint density at radius 2 is 1.33 bits per heavy atom. The van der Waals surface area contributed by atoms with Gasteiger partial charge in [-0.05, 0) is 55.7 Å². The highest BCUT2D eigenvalue weighted by Crippen LogP contribution is 2.34. The highest BCUT2D eigenvalue weighted by molar-refractivity contribution is 6.29. The molecule has 2 aromatic rings. The maximum atomic E-state index is 13.5. The first-order chi connectivity index (χ1) is 21.8. The highest BCUT2D eigenvalue weighted by atomic mass is 16.5. The van der Waals surface area contributed by atoms with E-state index in [1.54, 1.807) is 38.3 Å². The van der Waals surface area contributed by atoms with Crippen molar-refractivity contribution in [2.75, 3.05) is 19.0 Å². The third-order valence-electron chi connectivity index (χ3n) is 8.74. The summed E-state index contributed by atoms with van der Waals surface area (Å²) in [6, 6.07) is 14.6. The van der Waals surface area contributed by atoms with Crippen LogP contribution in [0.15, 0.2) is 54.1 Å². The summed E-state index contributed by atoms with van der Waals surface area (Å²) in [6.45, 7) is 6.55. The maximum absolute atomic E-state index is 13.5. The first kappa shape index (κ1) is 35.9. The third-order valence-corrected chi connectivity index (χ3v) is 8.74. The van der Waals surface area contributed by atoms with E-state index in [0.29, 0.717) is 23.6 Å². The Labute approximate surface area is 271 Å². The molecule has 1 aliphatic rings. The molecular formula is C38H55N3O4. The molecule has 1 unspecified atom stereocenters. The lowest BCUT2D eigenvalue weighted by molar-refractivity contribution is -0.132. The summed E-state index contributed by atoms with van der Waals surface area (Å²) in [6.07, 6.45) is 18.2. The summed E-state index contributed by atoms with van der Waals surface area (Å²) in [4.78, 5) is 40.3. The van der Waals surface area contributed by atoms with Gasteiger partial charge < -0.3 is 20.7 Å². The van der Waals surface area contributed by atoms with Crippen LogP contribution in [0.5, 0.6) is 5.75 Å². The first-order valence-corrected chi connectivity index (χ1v) is 17.1. The number of benzene rings is 2. The number of anilines is 1. The lowest BCUT2D eigenvalue weighted by atomic mass is 9.81. The number of amides is 3. The summed E-state index contributed by atoms with van der Waals surface area (Å²) in [5.41, 5.74) is 1.77. The zero-order chi connectivity index (χ0) is 32.5. The number of rotatable bonds is 20. The standard InChI is InChI=1S/C38H55N3O4/c1-5-6-7-8-9-10-11-12-13-14-15-16-17-18-27-39-37(44)38(3)28-33(30-21-19-29(2)20-22-30)34(36(43)41-38)35(42)40-31-23-25-32(45-4)26-24-31/h19-26H,5-18,27-28H2,1-4H3,(H,39,44)(H,40,42)(H,41,43). The summed E-state index contributed by atoms with van der Waals surface area (Å²) >= 11 is 0. The van der Waals surface area contributed by atoms with Crippen molar-refractivity contribution in [1.82, 2.24) is 10.6 Å². The summed E-state index contributed by atoms with van der Waals surface area (Å²) in [7, 11) is 1.58. The van der Waals surface area contributed by atoms with Gasteiger partial charge in [-0.25, -0.2) is 0 Å². The minimum Gasteiger partial charge on any atom is -0.497 e. The predicted molar refractivity (Wildman–Crippen MR) is 184 cm³/mol. The van der Waals surface area contributed by atoms with Crippen molar-refractivity contribution in [2.45, 2.75) is 123 Å². The maximum Gasteiger partial charge on any atom is 0.261 e. The highest BCUT2D eigenvalue weighted by Gasteiger charge is 2.43. The van der Waals surface area contributed by atoms with Gasteiger partial charge in [0.25, 0.3) is 11.8 Å². The third kappa shape index (κ3) is 11.7. The number of methoxy groups -OCH3 is 1. The van der Waals surface area contributed by atoms with E-state index in [1.807, 2.05) is 31.2 Å². The second-order valence-corrected chi connectivity index (χ2v) is 12.7. The molecule has 246 valence electrons. The van der Waals surface area contributed by atoms with Crippen LogP contribution < -0.4 is 20.7 Å². The summed E-state index contributed by atoms with van der Waals surface area (Å²) in [5, 5.41) is 8.73. The average Bonchev–Trinajstić information content (AvgIpc) is 3.03. The Morgan fingerprint density at radius 1 is 0.800 bits per heavy atom. The van der Waals surface area contributed by atoms with E-state index in [1.165, 1.54) is 77.0 Å². The van der Waals surface area contributed by atoms with Crippen LogP contribution in [-0.4, -0.2) is 36.9 Å². The van der Waals surface area contributed by atoms with Crippen LogP contribution in [-0.2, 0) is 14.4 Å². The van der Waals surface area contributed by atoms with Crippen molar-refractivity contribution in [2.24, 2.45) is 0 Å². The molecule has 3 amide bonds. The molecule has 0 aromatic heterocycles. The Hall–Kier alpha value is -3.61. The lowest BCUT2D eigenvalue weighted by Crippen LogP contribution is -2.60. The zero-order valence-corrected chi connectivity index (χ0v) is 28.1. The van der Waals surface area contributed by atoms with Crippen LogP contribution in [0, 0.1) is 6.92 Å². The molecule has 2 aromatic carbocycles. The number of hydrogen-bond acceptors (Lipinski definition) is 4. The van der Waals surface area contributed by atoms with Gasteiger partial charge in [-0.1, -0.05) is 120 Å². The van der Waals surface area contributed by atoms with E-state index in [2.05, 4.69) is 22.9 Å². The quantitative estimate of drug-likeness (QED) is 0.103. The number of carbonyl (C=O) groups is 3. The zero-order valence-electron chi connectivity index (χ0n) is 28.1. The van der Waals surface area contributed by atoms with Crippen molar-refractivity contribution in [3.8, 4) is 5.75 Å². The number of nitrogens with one attached hydrogen (secondary N) is 3. The van der Waals surface area contributed by atoms with E-state index < -0.39 is 17.4 Å². The fourth-order valence-electron chi connectivity index (χ4n) is 5.90. The van der Waals surface area contributed by atoms with E-state index in [9.17, 15) is 14.4 Å². The molecule has 3 N–H and O–H groups in total. The molecule has 0 radical (unpaired) electrons. The summed E-state index contributed by atoms with van der Waals surface area (Å²) < 4.78 is 5.20. The van der Waals surface area contributed by atoms with Gasteiger partial charge in [0.1, 0.15) is 16.9 Å². The fraction of sp³-hybridized carbons (Fsp3) is 0.553. The smallest absolute Gasteiger partial charge is 0.261 e. The summed E-state index contributed by atoms with van der Waals surface area (Å²) in [5.74, 6) is -0.640. The van der Waals surface area contributed by atoms with Crippen LogP contribution in [0.1, 0.15) is 121 Å². The Kier molecular flexibility index (Phi) is 15.2. The Balaban J connectivity index is 1.49.